The first-order chi connectivity index (χ1) is 7.97. The Balaban J connectivity index is 2.13. The van der Waals surface area contributed by atoms with Crippen LogP contribution >= 0.6 is 0 Å². The zero-order chi connectivity index (χ0) is 12.5. The van der Waals surface area contributed by atoms with Crippen LogP contribution in [-0.4, -0.2) is 23.4 Å². The molecule has 96 valence electrons. The van der Waals surface area contributed by atoms with Crippen LogP contribution in [0.5, 0.6) is 0 Å². The van der Waals surface area contributed by atoms with Crippen molar-refractivity contribution >= 4 is 0 Å². The number of hydrogen-bond donors (Lipinski definition) is 1. The highest BCUT2D eigenvalue weighted by molar-refractivity contribution is 5.13. The molecule has 0 spiro atoms. The standard InChI is InChI=1S/C15H24O2/c1-12-5-6-13-15(11-16,17-13)9-4-8-14(2,3)10-7-12/h4,7-8,13,16H,5-6,9-11H2,1-3H3/b8-4+,12-7+/t13-,15+/m1/s1. The molecular formula is C15H24O2. The fourth-order valence-electron chi connectivity index (χ4n) is 2.50. The second kappa shape index (κ2) is 4.58. The molecule has 2 rings (SSSR count). The lowest BCUT2D eigenvalue weighted by Gasteiger charge is -2.18. The summed E-state index contributed by atoms with van der Waals surface area (Å²) < 4.78 is 5.71. The van der Waals surface area contributed by atoms with Crippen LogP contribution < -0.4 is 0 Å². The van der Waals surface area contributed by atoms with Crippen LogP contribution in [-0.2, 0) is 4.74 Å². The molecule has 1 N–H and O–H groups in total. The van der Waals surface area contributed by atoms with Crippen LogP contribution in [0.4, 0.5) is 0 Å². The van der Waals surface area contributed by atoms with E-state index in [9.17, 15) is 5.11 Å². The highest BCUT2D eigenvalue weighted by Gasteiger charge is 2.54. The van der Waals surface area contributed by atoms with Crippen LogP contribution in [0.15, 0.2) is 23.8 Å². The van der Waals surface area contributed by atoms with Crippen molar-refractivity contribution in [1.82, 2.24) is 0 Å². The Hall–Kier alpha value is -0.600. The number of epoxide rings is 1. The average Bonchev–Trinajstić information content (AvgIpc) is 2.97. The van der Waals surface area contributed by atoms with Gasteiger partial charge in [0.15, 0.2) is 0 Å². The minimum absolute atomic E-state index is 0.144. The van der Waals surface area contributed by atoms with Crippen molar-refractivity contribution in [3.8, 4) is 0 Å². The maximum absolute atomic E-state index is 9.46. The van der Waals surface area contributed by atoms with E-state index >= 15 is 0 Å². The molecule has 0 bridgehead atoms. The van der Waals surface area contributed by atoms with Gasteiger partial charge in [0.1, 0.15) is 5.60 Å². The van der Waals surface area contributed by atoms with Gasteiger partial charge in [-0.25, -0.2) is 0 Å². The van der Waals surface area contributed by atoms with E-state index in [4.69, 9.17) is 4.74 Å². The summed E-state index contributed by atoms with van der Waals surface area (Å²) >= 11 is 0. The smallest absolute Gasteiger partial charge is 0.121 e. The van der Waals surface area contributed by atoms with Gasteiger partial charge in [-0.15, -0.1) is 0 Å². The maximum atomic E-state index is 9.46. The molecule has 0 amide bonds. The summed E-state index contributed by atoms with van der Waals surface area (Å²) in [6.45, 7) is 6.84. The highest BCUT2D eigenvalue weighted by atomic mass is 16.6. The molecule has 0 aromatic rings. The summed E-state index contributed by atoms with van der Waals surface area (Å²) in [6, 6.07) is 0. The lowest BCUT2D eigenvalue weighted by molar-refractivity contribution is 0.173. The summed E-state index contributed by atoms with van der Waals surface area (Å²) in [4.78, 5) is 0. The monoisotopic (exact) mass is 236 g/mol. The molecule has 1 saturated heterocycles. The van der Waals surface area contributed by atoms with E-state index in [2.05, 4.69) is 39.0 Å². The van der Waals surface area contributed by atoms with E-state index in [-0.39, 0.29) is 23.7 Å². The van der Waals surface area contributed by atoms with Gasteiger partial charge in [0, 0.05) is 0 Å². The molecule has 0 unspecified atom stereocenters. The summed E-state index contributed by atoms with van der Waals surface area (Å²) in [7, 11) is 0. The summed E-state index contributed by atoms with van der Waals surface area (Å²) in [5.74, 6) is 0. The fraction of sp³-hybridized carbons (Fsp3) is 0.733. The van der Waals surface area contributed by atoms with Crippen molar-refractivity contribution < 1.29 is 9.84 Å². The average molecular weight is 236 g/mol. The number of fused-ring (bicyclic) bond motifs is 1. The lowest BCUT2D eigenvalue weighted by atomic mass is 9.87. The first-order valence-corrected chi connectivity index (χ1v) is 6.59. The third kappa shape index (κ3) is 2.99. The third-order valence-corrected chi connectivity index (χ3v) is 3.98. The van der Waals surface area contributed by atoms with Gasteiger partial charge in [0.2, 0.25) is 0 Å². The quantitative estimate of drug-likeness (QED) is 0.560. The Morgan fingerprint density at radius 1 is 1.41 bits per heavy atom. The van der Waals surface area contributed by atoms with E-state index in [1.54, 1.807) is 0 Å². The molecule has 1 aliphatic carbocycles. The Morgan fingerprint density at radius 3 is 2.88 bits per heavy atom. The summed E-state index contributed by atoms with van der Waals surface area (Å²) in [5.41, 5.74) is 1.37. The Labute approximate surface area is 104 Å². The zero-order valence-corrected chi connectivity index (χ0v) is 11.2. The molecule has 0 radical (unpaired) electrons. The van der Waals surface area contributed by atoms with Crippen molar-refractivity contribution in [1.29, 1.82) is 0 Å². The molecule has 2 aliphatic rings. The van der Waals surface area contributed by atoms with E-state index in [1.807, 2.05) is 0 Å². The number of aliphatic hydroxyl groups excluding tert-OH is 1. The topological polar surface area (TPSA) is 32.8 Å². The van der Waals surface area contributed by atoms with Crippen molar-refractivity contribution in [3.05, 3.63) is 23.8 Å². The fourth-order valence-corrected chi connectivity index (χ4v) is 2.50. The van der Waals surface area contributed by atoms with Gasteiger partial charge in [0.05, 0.1) is 12.7 Å². The van der Waals surface area contributed by atoms with Gasteiger partial charge in [0.25, 0.3) is 0 Å². The van der Waals surface area contributed by atoms with Crippen LogP contribution in [0.2, 0.25) is 0 Å². The predicted molar refractivity (Wildman–Crippen MR) is 69.8 cm³/mol. The summed E-state index contributed by atoms with van der Waals surface area (Å²) in [6.07, 6.45) is 11.1. The SMILES string of the molecule is C/C1=C\CC(C)(C)/C=C/C[C@@]2(CO)O[C@@H]2CC1. The van der Waals surface area contributed by atoms with Crippen LogP contribution in [0.3, 0.4) is 0 Å². The number of allylic oxidation sites excluding steroid dienone is 3. The normalized spacial score (nSPS) is 41.6. The lowest BCUT2D eigenvalue weighted by Crippen LogP contribution is -2.19. The van der Waals surface area contributed by atoms with Crippen LogP contribution in [0, 0.1) is 5.41 Å². The van der Waals surface area contributed by atoms with Crippen molar-refractivity contribution in [2.75, 3.05) is 6.61 Å². The largest absolute Gasteiger partial charge is 0.393 e. The molecule has 1 fully saturated rings. The molecule has 1 heterocycles. The molecule has 2 heteroatoms. The summed E-state index contributed by atoms with van der Waals surface area (Å²) in [5, 5.41) is 9.46. The first-order valence-electron chi connectivity index (χ1n) is 6.59. The van der Waals surface area contributed by atoms with Crippen molar-refractivity contribution in [2.24, 2.45) is 5.41 Å². The number of ether oxygens (including phenoxy) is 1. The van der Waals surface area contributed by atoms with Crippen LogP contribution in [0.1, 0.15) is 46.5 Å². The van der Waals surface area contributed by atoms with Gasteiger partial charge < -0.3 is 9.84 Å². The van der Waals surface area contributed by atoms with E-state index < -0.39 is 0 Å². The minimum atomic E-state index is -0.267. The predicted octanol–water partition coefficient (Wildman–Crippen LogP) is 3.22. The Morgan fingerprint density at radius 2 is 2.18 bits per heavy atom. The highest BCUT2D eigenvalue weighted by Crippen LogP contribution is 2.43. The van der Waals surface area contributed by atoms with Gasteiger partial charge in [-0.3, -0.25) is 0 Å². The van der Waals surface area contributed by atoms with Gasteiger partial charge >= 0.3 is 0 Å². The molecule has 0 saturated carbocycles. The Kier molecular flexibility index (Phi) is 3.46. The molecule has 0 aromatic heterocycles. The molecular weight excluding hydrogens is 212 g/mol. The minimum Gasteiger partial charge on any atom is -0.393 e. The number of aliphatic hydroxyl groups is 1. The van der Waals surface area contributed by atoms with E-state index in [0.29, 0.717) is 0 Å². The third-order valence-electron chi connectivity index (χ3n) is 3.98. The second-order valence-corrected chi connectivity index (χ2v) is 6.22. The van der Waals surface area contributed by atoms with Gasteiger partial charge in [-0.05, 0) is 38.0 Å². The molecule has 1 aliphatic heterocycles. The molecule has 17 heavy (non-hydrogen) atoms. The van der Waals surface area contributed by atoms with Crippen molar-refractivity contribution in [3.63, 3.8) is 0 Å². The van der Waals surface area contributed by atoms with Gasteiger partial charge in [-0.2, -0.15) is 0 Å². The number of rotatable bonds is 1. The van der Waals surface area contributed by atoms with Gasteiger partial charge in [-0.1, -0.05) is 37.6 Å². The molecule has 0 aromatic carbocycles. The van der Waals surface area contributed by atoms with E-state index in [0.717, 1.165) is 25.7 Å². The zero-order valence-electron chi connectivity index (χ0n) is 11.2. The number of hydrogen-bond acceptors (Lipinski definition) is 2. The Bertz CT molecular complexity index is 341. The van der Waals surface area contributed by atoms with Crippen molar-refractivity contribution in [2.45, 2.75) is 58.2 Å². The molecule has 2 nitrogen and oxygen atoms in total. The maximum Gasteiger partial charge on any atom is 0.121 e. The first kappa shape index (κ1) is 12.8. The molecule has 2 atom stereocenters. The van der Waals surface area contributed by atoms with E-state index in [1.165, 1.54) is 5.57 Å². The second-order valence-electron chi connectivity index (χ2n) is 6.22. The van der Waals surface area contributed by atoms with Crippen LogP contribution in [0.25, 0.3) is 0 Å².